The second kappa shape index (κ2) is 8.44. The molecule has 1 aliphatic heterocycles. The van der Waals surface area contributed by atoms with E-state index >= 15 is 0 Å². The summed E-state index contributed by atoms with van der Waals surface area (Å²) >= 11 is 18.6. The van der Waals surface area contributed by atoms with Crippen LogP contribution in [0.5, 0.6) is 0 Å². The molecule has 1 heterocycles. The van der Waals surface area contributed by atoms with E-state index < -0.39 is 17.9 Å². The van der Waals surface area contributed by atoms with Gasteiger partial charge in [0.15, 0.2) is 0 Å². The molecule has 4 nitrogen and oxygen atoms in total. The number of nitrogens with zero attached hydrogens (tertiary/aromatic N) is 1. The van der Waals surface area contributed by atoms with Crippen molar-refractivity contribution >= 4 is 69.5 Å². The van der Waals surface area contributed by atoms with Crippen LogP contribution in [-0.2, 0) is 16.0 Å². The number of thioether (sulfide) groups is 1. The summed E-state index contributed by atoms with van der Waals surface area (Å²) in [4.78, 5) is 26.1. The minimum Gasteiger partial charge on any atom is -0.480 e. The first-order valence-corrected chi connectivity index (χ1v) is 9.84. The lowest BCUT2D eigenvalue weighted by molar-refractivity contribution is -0.145. The summed E-state index contributed by atoms with van der Waals surface area (Å²) in [7, 11) is 0. The number of rotatable bonds is 5. The van der Waals surface area contributed by atoms with Crippen molar-refractivity contribution in [2.75, 3.05) is 0 Å². The van der Waals surface area contributed by atoms with Gasteiger partial charge < -0.3 is 5.11 Å². The molecule has 138 valence electrons. The number of carboxylic acid groups (broad SMARTS) is 1. The zero-order valence-electron chi connectivity index (χ0n) is 13.8. The lowest BCUT2D eigenvalue weighted by atomic mass is 10.0. The number of amides is 1. The smallest absolute Gasteiger partial charge is 0.327 e. The molecule has 1 saturated heterocycles. The average molecular weight is 438 g/mol. The minimum absolute atomic E-state index is 0.155. The Morgan fingerprint density at radius 2 is 1.78 bits per heavy atom. The van der Waals surface area contributed by atoms with Crippen molar-refractivity contribution in [3.63, 3.8) is 0 Å². The molecule has 0 aromatic heterocycles. The minimum atomic E-state index is -1.12. The fraction of sp³-hybridized carbons (Fsp3) is 0.105. The number of hydrogen-bond acceptors (Lipinski definition) is 4. The molecule has 0 radical (unpaired) electrons. The van der Waals surface area contributed by atoms with Crippen molar-refractivity contribution < 1.29 is 14.7 Å². The predicted octanol–water partition coefficient (Wildman–Crippen LogP) is 4.89. The van der Waals surface area contributed by atoms with E-state index in [-0.39, 0.29) is 15.6 Å². The molecular formula is C19H13Cl2NO3S2. The van der Waals surface area contributed by atoms with Gasteiger partial charge in [-0.25, -0.2) is 4.79 Å². The Labute approximate surface area is 175 Å². The maximum atomic E-state index is 12.9. The van der Waals surface area contributed by atoms with Crippen molar-refractivity contribution in [3.8, 4) is 0 Å². The monoisotopic (exact) mass is 437 g/mol. The largest absolute Gasteiger partial charge is 0.480 e. The average Bonchev–Trinajstić information content (AvgIpc) is 2.90. The molecule has 8 heteroatoms. The molecule has 0 aliphatic carbocycles. The van der Waals surface area contributed by atoms with E-state index in [1.165, 1.54) is 0 Å². The van der Waals surface area contributed by atoms with E-state index in [9.17, 15) is 14.7 Å². The van der Waals surface area contributed by atoms with Crippen LogP contribution < -0.4 is 0 Å². The number of carbonyl (C=O) groups excluding carboxylic acids is 1. The molecule has 0 bridgehead atoms. The van der Waals surface area contributed by atoms with Gasteiger partial charge in [-0.2, -0.15) is 0 Å². The molecule has 3 rings (SSSR count). The van der Waals surface area contributed by atoms with E-state index in [1.54, 1.807) is 24.3 Å². The summed E-state index contributed by atoms with van der Waals surface area (Å²) < 4.78 is 0.192. The van der Waals surface area contributed by atoms with Crippen LogP contribution in [0, 0.1) is 0 Å². The zero-order valence-corrected chi connectivity index (χ0v) is 16.9. The third-order valence-corrected chi connectivity index (χ3v) is 5.96. The summed E-state index contributed by atoms with van der Waals surface area (Å²) in [5.41, 5.74) is 1.30. The van der Waals surface area contributed by atoms with E-state index in [0.717, 1.165) is 22.2 Å². The molecule has 0 saturated carbocycles. The van der Waals surface area contributed by atoms with Crippen LogP contribution in [0.25, 0.3) is 6.08 Å². The first-order chi connectivity index (χ1) is 12.9. The fourth-order valence-electron chi connectivity index (χ4n) is 2.65. The summed E-state index contributed by atoms with van der Waals surface area (Å²) in [6, 6.07) is 13.0. The molecule has 1 atom stereocenters. The number of hydrogen-bond donors (Lipinski definition) is 1. The lowest BCUT2D eigenvalue weighted by Crippen LogP contribution is -2.45. The van der Waals surface area contributed by atoms with Crippen LogP contribution in [0.4, 0.5) is 0 Å². The van der Waals surface area contributed by atoms with Gasteiger partial charge in [0.25, 0.3) is 5.91 Å². The highest BCUT2D eigenvalue weighted by Gasteiger charge is 2.40. The van der Waals surface area contributed by atoms with E-state index in [4.69, 9.17) is 35.4 Å². The van der Waals surface area contributed by atoms with Crippen molar-refractivity contribution in [2.45, 2.75) is 12.5 Å². The summed E-state index contributed by atoms with van der Waals surface area (Å²) in [5, 5.41) is 10.5. The Balaban J connectivity index is 1.92. The summed E-state index contributed by atoms with van der Waals surface area (Å²) in [6.45, 7) is 0. The molecular weight excluding hydrogens is 425 g/mol. The second-order valence-corrected chi connectivity index (χ2v) is 8.22. The molecule has 1 N–H and O–H groups in total. The predicted molar refractivity (Wildman–Crippen MR) is 113 cm³/mol. The van der Waals surface area contributed by atoms with Gasteiger partial charge in [0.2, 0.25) is 0 Å². The molecule has 2 aromatic rings. The first-order valence-electron chi connectivity index (χ1n) is 7.86. The van der Waals surface area contributed by atoms with Gasteiger partial charge in [0, 0.05) is 22.0 Å². The Morgan fingerprint density at radius 1 is 1.15 bits per heavy atom. The van der Waals surface area contributed by atoms with E-state index in [2.05, 4.69) is 0 Å². The van der Waals surface area contributed by atoms with Gasteiger partial charge in [-0.05, 0) is 23.8 Å². The van der Waals surface area contributed by atoms with Gasteiger partial charge in [0.1, 0.15) is 10.4 Å². The maximum Gasteiger partial charge on any atom is 0.327 e. The van der Waals surface area contributed by atoms with Crippen LogP contribution in [0.1, 0.15) is 11.1 Å². The highest BCUT2D eigenvalue weighted by atomic mass is 35.5. The fourth-order valence-corrected chi connectivity index (χ4v) is 4.50. The lowest BCUT2D eigenvalue weighted by Gasteiger charge is -2.23. The highest BCUT2D eigenvalue weighted by Crippen LogP contribution is 2.37. The van der Waals surface area contributed by atoms with Crippen LogP contribution >= 0.6 is 47.2 Å². The third-order valence-electron chi connectivity index (χ3n) is 3.97. The van der Waals surface area contributed by atoms with Crippen molar-refractivity contribution in [2.24, 2.45) is 0 Å². The van der Waals surface area contributed by atoms with Crippen LogP contribution in [-0.4, -0.2) is 32.2 Å². The van der Waals surface area contributed by atoms with Crippen molar-refractivity contribution in [3.05, 3.63) is 74.6 Å². The number of aliphatic carboxylic acids is 1. The molecule has 1 amide bonds. The van der Waals surface area contributed by atoms with Gasteiger partial charge in [-0.1, -0.05) is 83.6 Å². The number of carboxylic acids is 1. The molecule has 1 fully saturated rings. The topological polar surface area (TPSA) is 57.6 Å². The van der Waals surface area contributed by atoms with Gasteiger partial charge in [-0.15, -0.1) is 0 Å². The van der Waals surface area contributed by atoms with Crippen molar-refractivity contribution in [1.29, 1.82) is 0 Å². The molecule has 2 aromatic carbocycles. The van der Waals surface area contributed by atoms with Crippen LogP contribution in [0.15, 0.2) is 53.4 Å². The molecule has 0 spiro atoms. The highest BCUT2D eigenvalue weighted by molar-refractivity contribution is 8.26. The summed E-state index contributed by atoms with van der Waals surface area (Å²) in [5.74, 6) is -1.59. The van der Waals surface area contributed by atoms with Crippen LogP contribution in [0.3, 0.4) is 0 Å². The van der Waals surface area contributed by atoms with E-state index in [1.807, 2.05) is 30.3 Å². The normalized spacial score (nSPS) is 16.8. The first kappa shape index (κ1) is 19.9. The van der Waals surface area contributed by atoms with Gasteiger partial charge >= 0.3 is 5.97 Å². The molecule has 1 aliphatic rings. The zero-order chi connectivity index (χ0) is 19.6. The number of benzene rings is 2. The Bertz CT molecular complexity index is 927. The maximum absolute atomic E-state index is 12.9. The second-order valence-electron chi connectivity index (χ2n) is 5.73. The van der Waals surface area contributed by atoms with Gasteiger partial charge in [0.05, 0.1) is 4.91 Å². The molecule has 27 heavy (non-hydrogen) atoms. The van der Waals surface area contributed by atoms with Crippen molar-refractivity contribution in [1.82, 2.24) is 4.90 Å². The Hall–Kier alpha value is -1.86. The van der Waals surface area contributed by atoms with Gasteiger partial charge in [-0.3, -0.25) is 9.69 Å². The Morgan fingerprint density at radius 3 is 2.37 bits per heavy atom. The Kier molecular flexibility index (Phi) is 6.22. The third kappa shape index (κ3) is 4.35. The number of halogens is 2. The number of carbonyl (C=O) groups is 2. The quantitative estimate of drug-likeness (QED) is 0.532. The van der Waals surface area contributed by atoms with Crippen LogP contribution in [0.2, 0.25) is 10.0 Å². The number of thiocarbonyl (C=S) groups is 1. The SMILES string of the molecule is O=C(O)[C@H](Cc1ccccc1)N1C(=O)/C(=C\c2c(Cl)cccc2Cl)SC1=S. The molecule has 0 unspecified atom stereocenters. The summed E-state index contributed by atoms with van der Waals surface area (Å²) in [6.07, 6.45) is 1.70. The van der Waals surface area contributed by atoms with E-state index in [0.29, 0.717) is 15.6 Å². The standard InChI is InChI=1S/C19H13Cl2NO3S2/c20-13-7-4-8-14(21)12(13)10-16-17(23)22(19(26)27-16)15(18(24)25)9-11-5-2-1-3-6-11/h1-8,10,15H,9H2,(H,24,25)/b16-10+/t15-/m0/s1.